The van der Waals surface area contributed by atoms with Crippen LogP contribution >= 0.6 is 11.3 Å². The molecule has 3 heterocycles. The summed E-state index contributed by atoms with van der Waals surface area (Å²) in [6, 6.07) is 16.5. The van der Waals surface area contributed by atoms with Gasteiger partial charge in [0.15, 0.2) is 0 Å². The molecule has 0 N–H and O–H groups in total. The van der Waals surface area contributed by atoms with E-state index in [9.17, 15) is 9.59 Å². The number of carbonyl (C=O) groups excluding carboxylic acids is 2. The predicted molar refractivity (Wildman–Crippen MR) is 136 cm³/mol. The molecule has 2 aliphatic heterocycles. The van der Waals surface area contributed by atoms with Crippen LogP contribution in [0.25, 0.3) is 0 Å². The van der Waals surface area contributed by atoms with Gasteiger partial charge in [0.05, 0.1) is 9.75 Å². The van der Waals surface area contributed by atoms with Crippen LogP contribution < -0.4 is 9.80 Å². The van der Waals surface area contributed by atoms with Gasteiger partial charge in [0.25, 0.3) is 11.8 Å². The third kappa shape index (κ3) is 4.10. The van der Waals surface area contributed by atoms with Crippen molar-refractivity contribution < 1.29 is 9.59 Å². The van der Waals surface area contributed by atoms with Crippen molar-refractivity contribution in [2.24, 2.45) is 0 Å². The van der Waals surface area contributed by atoms with Gasteiger partial charge in [-0.1, -0.05) is 38.1 Å². The Morgan fingerprint density at radius 1 is 0.727 bits per heavy atom. The van der Waals surface area contributed by atoms with E-state index >= 15 is 0 Å². The summed E-state index contributed by atoms with van der Waals surface area (Å²) in [7, 11) is 0. The van der Waals surface area contributed by atoms with Crippen LogP contribution in [0.5, 0.6) is 0 Å². The second-order valence-electron chi connectivity index (χ2n) is 8.92. The first-order valence-electron chi connectivity index (χ1n) is 12.1. The van der Waals surface area contributed by atoms with E-state index in [2.05, 4.69) is 50.2 Å². The molecule has 0 atom stereocenters. The van der Waals surface area contributed by atoms with Crippen molar-refractivity contribution in [3.8, 4) is 0 Å². The smallest absolute Gasteiger partial charge is 0.268 e. The Labute approximate surface area is 199 Å². The summed E-state index contributed by atoms with van der Waals surface area (Å²) >= 11 is 1.32. The van der Waals surface area contributed by atoms with Crippen LogP contribution in [-0.4, -0.2) is 24.9 Å². The minimum absolute atomic E-state index is 0.00381. The zero-order valence-electron chi connectivity index (χ0n) is 19.4. The largest absolute Gasteiger partial charge is 0.307 e. The van der Waals surface area contributed by atoms with Gasteiger partial charge in [-0.3, -0.25) is 9.59 Å². The lowest BCUT2D eigenvalue weighted by atomic mass is 9.98. The van der Waals surface area contributed by atoms with Gasteiger partial charge < -0.3 is 9.80 Å². The molecule has 2 aromatic carbocycles. The van der Waals surface area contributed by atoms with E-state index in [4.69, 9.17) is 0 Å². The van der Waals surface area contributed by atoms with Crippen LogP contribution in [0, 0.1) is 0 Å². The zero-order valence-corrected chi connectivity index (χ0v) is 20.2. The van der Waals surface area contributed by atoms with Crippen LogP contribution in [0.15, 0.2) is 48.5 Å². The van der Waals surface area contributed by atoms with Gasteiger partial charge in [-0.25, -0.2) is 0 Å². The maximum atomic E-state index is 13.4. The molecule has 0 saturated heterocycles. The van der Waals surface area contributed by atoms with Gasteiger partial charge in [0.1, 0.15) is 0 Å². The maximum Gasteiger partial charge on any atom is 0.268 e. The lowest BCUT2D eigenvalue weighted by molar-refractivity contribution is 0.0982. The van der Waals surface area contributed by atoms with Crippen molar-refractivity contribution >= 4 is 34.5 Å². The second kappa shape index (κ2) is 9.14. The van der Waals surface area contributed by atoms with Gasteiger partial charge in [0.2, 0.25) is 0 Å². The van der Waals surface area contributed by atoms with E-state index in [1.807, 2.05) is 21.9 Å². The monoisotopic (exact) mass is 458 g/mol. The fraction of sp³-hybridized carbons (Fsp3) is 0.357. The Hall–Kier alpha value is -2.92. The lowest BCUT2D eigenvalue weighted by Crippen LogP contribution is -2.35. The number of benzene rings is 2. The summed E-state index contributed by atoms with van der Waals surface area (Å²) in [5.74, 6) is -0.00763. The minimum atomic E-state index is -0.00381. The highest BCUT2D eigenvalue weighted by atomic mass is 32.1. The SMILES string of the molecule is CCc1ccc2c(c1)CCCN2C(=O)c1ccc(C(=O)N2CCCc3cc(CC)ccc32)s1. The van der Waals surface area contributed by atoms with E-state index in [0.717, 1.165) is 63.0 Å². The second-order valence-corrected chi connectivity index (χ2v) is 10.0. The highest BCUT2D eigenvalue weighted by molar-refractivity contribution is 7.16. The zero-order chi connectivity index (χ0) is 22.9. The summed E-state index contributed by atoms with van der Waals surface area (Å²) in [6.45, 7) is 5.75. The number of fused-ring (bicyclic) bond motifs is 2. The summed E-state index contributed by atoms with van der Waals surface area (Å²) in [6.07, 6.45) is 5.94. The predicted octanol–water partition coefficient (Wildman–Crippen LogP) is 6.06. The van der Waals surface area contributed by atoms with Crippen molar-refractivity contribution in [2.75, 3.05) is 22.9 Å². The normalized spacial score (nSPS) is 15.2. The fourth-order valence-corrected chi connectivity index (χ4v) is 5.90. The molecule has 2 amide bonds. The summed E-state index contributed by atoms with van der Waals surface area (Å²) in [5.41, 5.74) is 7.14. The van der Waals surface area contributed by atoms with Gasteiger partial charge in [-0.15, -0.1) is 11.3 Å². The molecule has 3 aromatic rings. The van der Waals surface area contributed by atoms with Gasteiger partial charge >= 0.3 is 0 Å². The molecule has 5 heteroatoms. The first-order valence-corrected chi connectivity index (χ1v) is 12.9. The molecule has 0 spiro atoms. The molecule has 33 heavy (non-hydrogen) atoms. The molecule has 5 rings (SSSR count). The number of amides is 2. The molecule has 0 saturated carbocycles. The topological polar surface area (TPSA) is 40.6 Å². The van der Waals surface area contributed by atoms with Gasteiger partial charge in [-0.2, -0.15) is 0 Å². The number of aryl methyl sites for hydroxylation is 4. The van der Waals surface area contributed by atoms with Crippen LogP contribution in [0.4, 0.5) is 11.4 Å². The number of hydrogen-bond acceptors (Lipinski definition) is 3. The van der Waals surface area contributed by atoms with Crippen LogP contribution in [0.1, 0.15) is 68.3 Å². The standard InChI is InChI=1S/C28H30N2O2S/c1-3-19-9-11-23-21(17-19)7-5-15-29(23)27(31)25-13-14-26(33-25)28(32)30-16-6-8-22-18-20(4-2)10-12-24(22)30/h9-14,17-18H,3-8,15-16H2,1-2H3. The molecule has 2 aliphatic rings. The number of nitrogens with zero attached hydrogens (tertiary/aromatic N) is 2. The van der Waals surface area contributed by atoms with Crippen LogP contribution in [0.3, 0.4) is 0 Å². The van der Waals surface area contributed by atoms with Gasteiger partial charge in [-0.05, 0) is 85.0 Å². The molecule has 4 nitrogen and oxygen atoms in total. The van der Waals surface area contributed by atoms with E-state index in [1.54, 1.807) is 0 Å². The van der Waals surface area contributed by atoms with E-state index in [0.29, 0.717) is 9.75 Å². The molecule has 0 bridgehead atoms. The third-order valence-electron chi connectivity index (χ3n) is 6.86. The first-order chi connectivity index (χ1) is 16.1. The van der Waals surface area contributed by atoms with Crippen molar-refractivity contribution in [3.63, 3.8) is 0 Å². The number of hydrogen-bond donors (Lipinski definition) is 0. The average Bonchev–Trinajstić information content (AvgIpc) is 3.36. The molecular weight excluding hydrogens is 428 g/mol. The Morgan fingerprint density at radius 2 is 1.18 bits per heavy atom. The Balaban J connectivity index is 1.39. The number of anilines is 2. The number of thiophene rings is 1. The lowest BCUT2D eigenvalue weighted by Gasteiger charge is -2.30. The highest BCUT2D eigenvalue weighted by Crippen LogP contribution is 2.33. The molecule has 0 aliphatic carbocycles. The van der Waals surface area contributed by atoms with Crippen LogP contribution in [-0.2, 0) is 25.7 Å². The Morgan fingerprint density at radius 3 is 1.61 bits per heavy atom. The number of rotatable bonds is 4. The van der Waals surface area contributed by atoms with E-state index in [1.165, 1.54) is 33.6 Å². The van der Waals surface area contributed by atoms with Crippen LogP contribution in [0.2, 0.25) is 0 Å². The molecule has 0 fully saturated rings. The van der Waals surface area contributed by atoms with E-state index in [-0.39, 0.29) is 11.8 Å². The average molecular weight is 459 g/mol. The first kappa shape index (κ1) is 21.9. The molecular formula is C28H30N2O2S. The molecule has 170 valence electrons. The Bertz CT molecular complexity index is 1120. The summed E-state index contributed by atoms with van der Waals surface area (Å²) in [4.78, 5) is 31.9. The highest BCUT2D eigenvalue weighted by Gasteiger charge is 2.28. The van der Waals surface area contributed by atoms with Crippen molar-refractivity contribution in [1.29, 1.82) is 0 Å². The number of carbonyl (C=O) groups is 2. The third-order valence-corrected chi connectivity index (χ3v) is 7.92. The maximum absolute atomic E-state index is 13.4. The summed E-state index contributed by atoms with van der Waals surface area (Å²) < 4.78 is 0. The Kier molecular flexibility index (Phi) is 6.07. The molecule has 1 aromatic heterocycles. The fourth-order valence-electron chi connectivity index (χ4n) is 5.00. The van der Waals surface area contributed by atoms with Crippen molar-refractivity contribution in [1.82, 2.24) is 0 Å². The van der Waals surface area contributed by atoms with Gasteiger partial charge in [0, 0.05) is 24.5 Å². The summed E-state index contributed by atoms with van der Waals surface area (Å²) in [5, 5.41) is 0. The van der Waals surface area contributed by atoms with Crippen molar-refractivity contribution in [2.45, 2.75) is 52.4 Å². The van der Waals surface area contributed by atoms with E-state index < -0.39 is 0 Å². The molecule has 0 radical (unpaired) electrons. The quantitative estimate of drug-likeness (QED) is 0.477. The van der Waals surface area contributed by atoms with Crippen molar-refractivity contribution in [3.05, 3.63) is 80.5 Å². The minimum Gasteiger partial charge on any atom is -0.307 e. The molecule has 0 unspecified atom stereocenters.